The van der Waals surface area contributed by atoms with Crippen molar-refractivity contribution in [2.75, 3.05) is 0 Å². The molecule has 9 heavy (non-hydrogen) atoms. The van der Waals surface area contributed by atoms with Crippen LogP contribution in [0, 0.1) is 0 Å². The van der Waals surface area contributed by atoms with Crippen molar-refractivity contribution in [3.63, 3.8) is 0 Å². The molecular weight excluding hydrogens is 136 g/mol. The lowest BCUT2D eigenvalue weighted by Crippen LogP contribution is -2.39. The summed E-state index contributed by atoms with van der Waals surface area (Å²) in [5.74, 6) is 0. The molecule has 0 aliphatic carbocycles. The van der Waals surface area contributed by atoms with Gasteiger partial charge in [-0.25, -0.2) is 0 Å². The van der Waals surface area contributed by atoms with Gasteiger partial charge in [-0.05, 0) is 25.3 Å². The summed E-state index contributed by atoms with van der Waals surface area (Å²) in [5.41, 5.74) is 6.17. The molecule has 3 N–H and O–H groups in total. The molecule has 1 atom stereocenters. The Bertz CT molecular complexity index is 170. The predicted molar refractivity (Wildman–Crippen MR) is 38.8 cm³/mol. The molecule has 0 fully saturated rings. The number of hydrogen-bond acceptors (Lipinski definition) is 2. The van der Waals surface area contributed by atoms with Gasteiger partial charge in [-0.1, -0.05) is 11.6 Å². The van der Waals surface area contributed by atoms with Gasteiger partial charge in [-0.15, -0.1) is 0 Å². The van der Waals surface area contributed by atoms with Crippen molar-refractivity contribution in [1.29, 1.82) is 0 Å². The van der Waals surface area contributed by atoms with E-state index in [1.165, 1.54) is 0 Å². The lowest BCUT2D eigenvalue weighted by atomic mass is 10.2. The van der Waals surface area contributed by atoms with Crippen molar-refractivity contribution in [2.45, 2.75) is 11.9 Å². The molecule has 1 heterocycles. The van der Waals surface area contributed by atoms with Crippen molar-refractivity contribution in [1.82, 2.24) is 5.32 Å². The average molecular weight is 145 g/mol. The molecule has 1 aliphatic rings. The first kappa shape index (κ1) is 6.49. The number of nitrogens with two attached hydrogens (primary N) is 1. The van der Waals surface area contributed by atoms with Crippen molar-refractivity contribution in [3.05, 3.63) is 24.0 Å². The first-order valence-electron chi connectivity index (χ1n) is 2.72. The maximum Gasteiger partial charge on any atom is 0.149 e. The first-order chi connectivity index (χ1) is 4.13. The summed E-state index contributed by atoms with van der Waals surface area (Å²) >= 11 is 5.87. The van der Waals surface area contributed by atoms with Gasteiger partial charge in [0.15, 0.2) is 0 Å². The largest absolute Gasteiger partial charge is 0.399 e. The van der Waals surface area contributed by atoms with Crippen LogP contribution in [0.25, 0.3) is 0 Å². The summed E-state index contributed by atoms with van der Waals surface area (Å²) < 4.78 is 0. The van der Waals surface area contributed by atoms with Crippen LogP contribution in [-0.2, 0) is 0 Å². The number of alkyl halides is 1. The van der Waals surface area contributed by atoms with Crippen LogP contribution < -0.4 is 11.1 Å². The summed E-state index contributed by atoms with van der Waals surface area (Å²) in [5, 5.41) is 2.90. The minimum atomic E-state index is -0.589. The fourth-order valence-corrected chi connectivity index (χ4v) is 0.722. The van der Waals surface area contributed by atoms with Crippen LogP contribution in [0.4, 0.5) is 0 Å². The van der Waals surface area contributed by atoms with Gasteiger partial charge < -0.3 is 11.1 Å². The molecule has 0 saturated heterocycles. The minimum absolute atomic E-state index is 0.589. The highest BCUT2D eigenvalue weighted by Gasteiger charge is 2.22. The third kappa shape index (κ3) is 1.19. The number of allylic oxidation sites excluding steroid dienone is 2. The van der Waals surface area contributed by atoms with E-state index in [1.54, 1.807) is 12.3 Å². The van der Waals surface area contributed by atoms with E-state index >= 15 is 0 Å². The first-order valence-corrected chi connectivity index (χ1v) is 3.10. The Hall–Kier alpha value is -0.630. The van der Waals surface area contributed by atoms with Crippen LogP contribution in [0.3, 0.4) is 0 Å². The highest BCUT2D eigenvalue weighted by molar-refractivity contribution is 6.25. The summed E-state index contributed by atoms with van der Waals surface area (Å²) in [6.45, 7) is 1.81. The molecule has 0 aromatic rings. The van der Waals surface area contributed by atoms with Gasteiger partial charge in [-0.3, -0.25) is 0 Å². The van der Waals surface area contributed by atoms with Crippen LogP contribution in [0.1, 0.15) is 6.92 Å². The zero-order chi connectivity index (χ0) is 6.91. The number of halogens is 1. The second-order valence-electron chi connectivity index (χ2n) is 2.13. The quantitative estimate of drug-likeness (QED) is 0.392. The molecule has 1 unspecified atom stereocenters. The highest BCUT2D eigenvalue weighted by atomic mass is 35.5. The van der Waals surface area contributed by atoms with Gasteiger partial charge in [0.05, 0.1) is 0 Å². The van der Waals surface area contributed by atoms with Crippen molar-refractivity contribution >= 4 is 11.6 Å². The second kappa shape index (κ2) is 1.95. The Kier molecular flexibility index (Phi) is 1.41. The third-order valence-corrected chi connectivity index (χ3v) is 1.60. The number of dihydropyridines is 1. The molecule has 50 valence electrons. The van der Waals surface area contributed by atoms with E-state index in [1.807, 2.05) is 13.0 Å². The lowest BCUT2D eigenvalue weighted by molar-refractivity contribution is 0.638. The molecule has 2 nitrogen and oxygen atoms in total. The van der Waals surface area contributed by atoms with Crippen LogP contribution in [0.5, 0.6) is 0 Å². The summed E-state index contributed by atoms with van der Waals surface area (Å²) in [6, 6.07) is 0. The van der Waals surface area contributed by atoms with Gasteiger partial charge in [-0.2, -0.15) is 0 Å². The number of hydrogen-bond donors (Lipinski definition) is 2. The van der Waals surface area contributed by atoms with Crippen LogP contribution in [0.2, 0.25) is 0 Å². The maximum atomic E-state index is 5.87. The SMILES string of the molecule is CC1(Cl)NC=CC=C1N. The van der Waals surface area contributed by atoms with Gasteiger partial charge in [0, 0.05) is 5.70 Å². The fraction of sp³-hybridized carbons (Fsp3) is 0.333. The second-order valence-corrected chi connectivity index (χ2v) is 2.88. The standard InChI is InChI=1S/C6H9ClN2/c1-6(7)5(8)3-2-4-9-6/h2-4,9H,8H2,1H3. The maximum absolute atomic E-state index is 5.87. The van der Waals surface area contributed by atoms with Crippen molar-refractivity contribution in [2.24, 2.45) is 5.73 Å². The monoisotopic (exact) mass is 144 g/mol. The predicted octanol–water partition coefficient (Wildman–Crippen LogP) is 0.901. The summed E-state index contributed by atoms with van der Waals surface area (Å²) in [4.78, 5) is -0.589. The van der Waals surface area contributed by atoms with Crippen LogP contribution >= 0.6 is 11.6 Å². The smallest absolute Gasteiger partial charge is 0.149 e. The topological polar surface area (TPSA) is 38.0 Å². The van der Waals surface area contributed by atoms with E-state index in [0.29, 0.717) is 5.70 Å². The molecule has 0 amide bonds. The normalized spacial score (nSPS) is 33.3. The number of nitrogens with one attached hydrogen (secondary N) is 1. The fourth-order valence-electron chi connectivity index (χ4n) is 0.596. The molecule has 0 aromatic heterocycles. The van der Waals surface area contributed by atoms with Crippen molar-refractivity contribution in [3.8, 4) is 0 Å². The van der Waals surface area contributed by atoms with Gasteiger partial charge in [0.25, 0.3) is 0 Å². The van der Waals surface area contributed by atoms with Gasteiger partial charge >= 0.3 is 0 Å². The zero-order valence-electron chi connectivity index (χ0n) is 5.19. The average Bonchev–Trinajstić information content (AvgIpc) is 1.77. The van der Waals surface area contributed by atoms with E-state index in [4.69, 9.17) is 17.3 Å². The Morgan fingerprint density at radius 1 is 1.78 bits per heavy atom. The molecule has 1 aliphatic heterocycles. The van der Waals surface area contributed by atoms with Gasteiger partial charge in [0.1, 0.15) is 5.00 Å². The molecule has 0 bridgehead atoms. The number of rotatable bonds is 0. The zero-order valence-corrected chi connectivity index (χ0v) is 5.94. The molecular formula is C6H9ClN2. The lowest BCUT2D eigenvalue weighted by Gasteiger charge is -2.25. The van der Waals surface area contributed by atoms with E-state index in [2.05, 4.69) is 5.32 Å². The van der Waals surface area contributed by atoms with E-state index in [0.717, 1.165) is 0 Å². The Morgan fingerprint density at radius 2 is 2.44 bits per heavy atom. The minimum Gasteiger partial charge on any atom is -0.399 e. The van der Waals surface area contributed by atoms with E-state index in [9.17, 15) is 0 Å². The van der Waals surface area contributed by atoms with Crippen molar-refractivity contribution < 1.29 is 0 Å². The molecule has 0 radical (unpaired) electrons. The molecule has 0 saturated carbocycles. The molecule has 1 rings (SSSR count). The van der Waals surface area contributed by atoms with E-state index < -0.39 is 5.00 Å². The highest BCUT2D eigenvalue weighted by Crippen LogP contribution is 2.19. The summed E-state index contributed by atoms with van der Waals surface area (Å²) in [7, 11) is 0. The molecule has 0 spiro atoms. The van der Waals surface area contributed by atoms with Gasteiger partial charge in [0.2, 0.25) is 0 Å². The Morgan fingerprint density at radius 3 is 2.78 bits per heavy atom. The van der Waals surface area contributed by atoms with E-state index in [-0.39, 0.29) is 0 Å². The molecule has 3 heteroatoms. The third-order valence-electron chi connectivity index (χ3n) is 1.27. The Balaban J connectivity index is 2.83. The van der Waals surface area contributed by atoms with Crippen LogP contribution in [0.15, 0.2) is 24.0 Å². The summed E-state index contributed by atoms with van der Waals surface area (Å²) in [6.07, 6.45) is 5.37. The molecule has 0 aromatic carbocycles. The van der Waals surface area contributed by atoms with Crippen LogP contribution in [-0.4, -0.2) is 5.00 Å². The Labute approximate surface area is 59.4 Å².